The monoisotopic (exact) mass is 378 g/mol. The van der Waals surface area contributed by atoms with E-state index in [0.29, 0.717) is 18.8 Å². The van der Waals surface area contributed by atoms with E-state index in [2.05, 4.69) is 34.7 Å². The maximum atomic E-state index is 12.1. The van der Waals surface area contributed by atoms with Gasteiger partial charge in [0.05, 0.1) is 18.3 Å². The Balaban J connectivity index is 1.91. The lowest BCUT2D eigenvalue weighted by molar-refractivity contribution is 0.0519. The summed E-state index contributed by atoms with van der Waals surface area (Å²) in [6.07, 6.45) is 1.74. The van der Waals surface area contributed by atoms with Crippen LogP contribution in [0.3, 0.4) is 0 Å². The summed E-state index contributed by atoms with van der Waals surface area (Å²) in [5.41, 5.74) is 4.57. The number of nitrogens with zero attached hydrogens (tertiary/aromatic N) is 2. The molecular weight excluding hydrogens is 360 g/mol. The van der Waals surface area contributed by atoms with Gasteiger partial charge in [-0.3, -0.25) is 0 Å². The smallest absolute Gasteiger partial charge is 0.356 e. The van der Waals surface area contributed by atoms with Gasteiger partial charge in [-0.05, 0) is 37.6 Å². The second-order valence-electron chi connectivity index (χ2n) is 6.51. The minimum absolute atomic E-state index is 0.320. The van der Waals surface area contributed by atoms with E-state index in [-0.39, 0.29) is 0 Å². The standard InChI is InChI=1S/C22H19ClN2O2/c1-3-27-22(26)19-11-17-16-6-4-5-7-20(16)25(21(17)12-24-19)13-15-10-14(2)8-9-18(15)23/h4-12H,3,13H2,1-2H3. The van der Waals surface area contributed by atoms with Crippen molar-refractivity contribution < 1.29 is 9.53 Å². The zero-order chi connectivity index (χ0) is 19.0. The number of rotatable bonds is 4. The normalized spacial score (nSPS) is 11.2. The molecule has 2 aromatic carbocycles. The summed E-state index contributed by atoms with van der Waals surface area (Å²) in [6.45, 7) is 4.80. The van der Waals surface area contributed by atoms with Crippen LogP contribution in [0.4, 0.5) is 0 Å². The topological polar surface area (TPSA) is 44.1 Å². The van der Waals surface area contributed by atoms with Crippen LogP contribution >= 0.6 is 11.6 Å². The average Bonchev–Trinajstić information content (AvgIpc) is 2.98. The first-order valence-electron chi connectivity index (χ1n) is 8.87. The van der Waals surface area contributed by atoms with E-state index in [9.17, 15) is 4.79 Å². The van der Waals surface area contributed by atoms with Crippen molar-refractivity contribution in [2.24, 2.45) is 0 Å². The molecule has 2 heterocycles. The number of para-hydroxylation sites is 1. The molecule has 4 nitrogen and oxygen atoms in total. The number of halogens is 1. The Hall–Kier alpha value is -2.85. The van der Waals surface area contributed by atoms with E-state index in [0.717, 1.165) is 38.0 Å². The number of pyridine rings is 1. The summed E-state index contributed by atoms with van der Waals surface area (Å²) in [5.74, 6) is -0.405. The molecule has 4 rings (SSSR count). The zero-order valence-electron chi connectivity index (χ0n) is 15.2. The molecule has 0 N–H and O–H groups in total. The Morgan fingerprint density at radius 3 is 2.74 bits per heavy atom. The molecule has 136 valence electrons. The molecule has 0 saturated carbocycles. The predicted octanol–water partition coefficient (Wildman–Crippen LogP) is 5.38. The van der Waals surface area contributed by atoms with E-state index in [4.69, 9.17) is 16.3 Å². The second-order valence-corrected chi connectivity index (χ2v) is 6.91. The van der Waals surface area contributed by atoms with Gasteiger partial charge in [-0.1, -0.05) is 47.5 Å². The van der Waals surface area contributed by atoms with Crippen LogP contribution < -0.4 is 0 Å². The molecule has 27 heavy (non-hydrogen) atoms. The number of carbonyl (C=O) groups excluding carboxylic acids is 1. The van der Waals surface area contributed by atoms with Crippen LogP contribution in [0.1, 0.15) is 28.5 Å². The molecule has 0 unspecified atom stereocenters. The Labute approximate surface area is 162 Å². The third-order valence-electron chi connectivity index (χ3n) is 4.67. The maximum absolute atomic E-state index is 12.1. The minimum Gasteiger partial charge on any atom is -0.461 e. The number of ether oxygens (including phenoxy) is 1. The van der Waals surface area contributed by atoms with Crippen molar-refractivity contribution in [3.05, 3.63) is 76.6 Å². The SMILES string of the molecule is CCOC(=O)c1cc2c3ccccc3n(Cc3cc(C)ccc3Cl)c2cn1. The number of benzene rings is 2. The largest absolute Gasteiger partial charge is 0.461 e. The maximum Gasteiger partial charge on any atom is 0.356 e. The van der Waals surface area contributed by atoms with Gasteiger partial charge in [-0.2, -0.15) is 0 Å². The van der Waals surface area contributed by atoms with Crippen molar-refractivity contribution in [2.45, 2.75) is 20.4 Å². The summed E-state index contributed by atoms with van der Waals surface area (Å²) in [7, 11) is 0. The third-order valence-corrected chi connectivity index (χ3v) is 5.04. The van der Waals surface area contributed by atoms with Gasteiger partial charge in [-0.25, -0.2) is 9.78 Å². The van der Waals surface area contributed by atoms with Crippen LogP contribution in [-0.4, -0.2) is 22.1 Å². The van der Waals surface area contributed by atoms with Gasteiger partial charge in [-0.15, -0.1) is 0 Å². The van der Waals surface area contributed by atoms with Crippen LogP contribution in [0.15, 0.2) is 54.7 Å². The minimum atomic E-state index is -0.405. The molecule has 2 aromatic heterocycles. The fraction of sp³-hybridized carbons (Fsp3) is 0.182. The highest BCUT2D eigenvalue weighted by molar-refractivity contribution is 6.31. The molecule has 4 aromatic rings. The van der Waals surface area contributed by atoms with Crippen LogP contribution in [0.2, 0.25) is 5.02 Å². The van der Waals surface area contributed by atoms with Crippen molar-refractivity contribution in [1.29, 1.82) is 0 Å². The van der Waals surface area contributed by atoms with Crippen molar-refractivity contribution >= 4 is 39.4 Å². The number of carbonyl (C=O) groups is 1. The molecule has 0 bridgehead atoms. The molecule has 0 fully saturated rings. The second kappa shape index (κ2) is 7.05. The van der Waals surface area contributed by atoms with Gasteiger partial charge < -0.3 is 9.30 Å². The van der Waals surface area contributed by atoms with E-state index in [1.54, 1.807) is 13.1 Å². The summed E-state index contributed by atoms with van der Waals surface area (Å²) in [4.78, 5) is 16.4. The average molecular weight is 379 g/mol. The molecule has 0 atom stereocenters. The Morgan fingerprint density at radius 1 is 1.11 bits per heavy atom. The van der Waals surface area contributed by atoms with E-state index in [1.165, 1.54) is 0 Å². The molecule has 0 aliphatic carbocycles. The number of aryl methyl sites for hydroxylation is 1. The van der Waals surface area contributed by atoms with E-state index < -0.39 is 5.97 Å². The Bertz CT molecular complexity index is 1160. The Morgan fingerprint density at radius 2 is 1.93 bits per heavy atom. The van der Waals surface area contributed by atoms with Gasteiger partial charge in [0.15, 0.2) is 0 Å². The van der Waals surface area contributed by atoms with Crippen molar-refractivity contribution in [3.8, 4) is 0 Å². The van der Waals surface area contributed by atoms with Crippen LogP contribution in [0.5, 0.6) is 0 Å². The summed E-state index contributed by atoms with van der Waals surface area (Å²) in [6, 6.07) is 16.0. The van der Waals surface area contributed by atoms with Crippen molar-refractivity contribution in [2.75, 3.05) is 6.61 Å². The summed E-state index contributed by atoms with van der Waals surface area (Å²) >= 11 is 6.43. The molecule has 0 radical (unpaired) electrons. The highest BCUT2D eigenvalue weighted by Crippen LogP contribution is 2.31. The van der Waals surface area contributed by atoms with Crippen LogP contribution in [0, 0.1) is 6.92 Å². The Kier molecular flexibility index (Phi) is 4.58. The predicted molar refractivity (Wildman–Crippen MR) is 108 cm³/mol. The number of esters is 1. The van der Waals surface area contributed by atoms with Gasteiger partial charge in [0.2, 0.25) is 0 Å². The highest BCUT2D eigenvalue weighted by atomic mass is 35.5. The van der Waals surface area contributed by atoms with Gasteiger partial charge >= 0.3 is 5.97 Å². The summed E-state index contributed by atoms with van der Waals surface area (Å²) in [5, 5.41) is 2.79. The fourth-order valence-electron chi connectivity index (χ4n) is 3.43. The first kappa shape index (κ1) is 17.6. The van der Waals surface area contributed by atoms with Crippen molar-refractivity contribution in [1.82, 2.24) is 9.55 Å². The molecule has 0 aliphatic rings. The lowest BCUT2D eigenvalue weighted by Crippen LogP contribution is -2.07. The molecule has 0 spiro atoms. The van der Waals surface area contributed by atoms with Gasteiger partial charge in [0.25, 0.3) is 0 Å². The van der Waals surface area contributed by atoms with Gasteiger partial charge in [0.1, 0.15) is 5.69 Å². The molecular formula is C22H19ClN2O2. The molecule has 5 heteroatoms. The van der Waals surface area contributed by atoms with E-state index >= 15 is 0 Å². The highest BCUT2D eigenvalue weighted by Gasteiger charge is 2.16. The molecule has 0 aliphatic heterocycles. The summed E-state index contributed by atoms with van der Waals surface area (Å²) < 4.78 is 7.28. The zero-order valence-corrected chi connectivity index (χ0v) is 16.0. The fourth-order valence-corrected chi connectivity index (χ4v) is 3.60. The number of hydrogen-bond acceptors (Lipinski definition) is 3. The first-order chi connectivity index (χ1) is 13.1. The quantitative estimate of drug-likeness (QED) is 0.448. The lowest BCUT2D eigenvalue weighted by atomic mass is 10.1. The number of aromatic nitrogens is 2. The lowest BCUT2D eigenvalue weighted by Gasteiger charge is -2.10. The van der Waals surface area contributed by atoms with Gasteiger partial charge in [0, 0.05) is 27.9 Å². The van der Waals surface area contributed by atoms with Crippen molar-refractivity contribution in [3.63, 3.8) is 0 Å². The first-order valence-corrected chi connectivity index (χ1v) is 9.25. The molecule has 0 amide bonds. The van der Waals surface area contributed by atoms with Crippen LogP contribution in [0.25, 0.3) is 21.8 Å². The van der Waals surface area contributed by atoms with E-state index in [1.807, 2.05) is 30.3 Å². The number of fused-ring (bicyclic) bond motifs is 3. The number of hydrogen-bond donors (Lipinski definition) is 0. The third kappa shape index (κ3) is 3.17. The van der Waals surface area contributed by atoms with Crippen LogP contribution in [-0.2, 0) is 11.3 Å². The molecule has 0 saturated heterocycles.